The lowest BCUT2D eigenvalue weighted by Gasteiger charge is -2.21. The molecular weight excluding hydrogens is 226 g/mol. The molecule has 0 aliphatic heterocycles. The van der Waals surface area contributed by atoms with Crippen LogP contribution in [0.3, 0.4) is 0 Å². The summed E-state index contributed by atoms with van der Waals surface area (Å²) in [6.07, 6.45) is 5.76. The molecule has 0 aromatic carbocycles. The Kier molecular flexibility index (Phi) is 4.64. The van der Waals surface area contributed by atoms with Crippen LogP contribution in [0.4, 0.5) is 0 Å². The van der Waals surface area contributed by atoms with Crippen molar-refractivity contribution in [3.8, 4) is 5.75 Å². The minimum atomic E-state index is 0.599. The summed E-state index contributed by atoms with van der Waals surface area (Å²) < 4.78 is 7.59. The third-order valence-electron chi connectivity index (χ3n) is 4.03. The van der Waals surface area contributed by atoms with Crippen molar-refractivity contribution >= 4 is 0 Å². The molecule has 1 fully saturated rings. The van der Waals surface area contributed by atoms with Crippen molar-refractivity contribution in [1.29, 1.82) is 0 Å². The first kappa shape index (κ1) is 13.4. The third kappa shape index (κ3) is 2.53. The number of aryl methyl sites for hydroxylation is 1. The van der Waals surface area contributed by atoms with Crippen LogP contribution in [0.25, 0.3) is 0 Å². The summed E-state index contributed by atoms with van der Waals surface area (Å²) in [6, 6.07) is 0. The van der Waals surface area contributed by atoms with E-state index in [0.717, 1.165) is 31.3 Å². The van der Waals surface area contributed by atoms with E-state index in [1.165, 1.54) is 25.0 Å². The largest absolute Gasteiger partial charge is 0.493 e. The Bertz CT molecular complexity index is 354. The van der Waals surface area contributed by atoms with E-state index in [4.69, 9.17) is 4.74 Å². The van der Waals surface area contributed by atoms with Crippen LogP contribution in [0.2, 0.25) is 0 Å². The maximum absolute atomic E-state index is 5.49. The van der Waals surface area contributed by atoms with Gasteiger partial charge in [-0.15, -0.1) is 0 Å². The summed E-state index contributed by atoms with van der Waals surface area (Å²) >= 11 is 0. The summed E-state index contributed by atoms with van der Waals surface area (Å²) in [7, 11) is 1.74. The Morgan fingerprint density at radius 1 is 1.44 bits per heavy atom. The molecule has 1 aromatic heterocycles. The van der Waals surface area contributed by atoms with E-state index in [0.29, 0.717) is 5.92 Å². The van der Waals surface area contributed by atoms with Crippen molar-refractivity contribution in [2.45, 2.75) is 45.6 Å². The number of aromatic nitrogens is 2. The van der Waals surface area contributed by atoms with Crippen molar-refractivity contribution in [2.75, 3.05) is 20.2 Å². The molecule has 4 nitrogen and oxygen atoms in total. The van der Waals surface area contributed by atoms with Crippen molar-refractivity contribution in [3.63, 3.8) is 0 Å². The first-order valence-corrected chi connectivity index (χ1v) is 7.12. The predicted octanol–water partition coefficient (Wildman–Crippen LogP) is 2.40. The molecule has 1 aliphatic rings. The highest BCUT2D eigenvalue weighted by Crippen LogP contribution is 2.42. The third-order valence-corrected chi connectivity index (χ3v) is 4.03. The van der Waals surface area contributed by atoms with Gasteiger partial charge in [0, 0.05) is 12.5 Å². The van der Waals surface area contributed by atoms with Gasteiger partial charge in [-0.25, -0.2) is 0 Å². The maximum Gasteiger partial charge on any atom is 0.160 e. The Morgan fingerprint density at radius 2 is 2.28 bits per heavy atom. The van der Waals surface area contributed by atoms with Gasteiger partial charge in [0.15, 0.2) is 5.75 Å². The number of ether oxygens (including phenoxy) is 1. The average molecular weight is 251 g/mol. The van der Waals surface area contributed by atoms with Gasteiger partial charge in [-0.05, 0) is 38.8 Å². The van der Waals surface area contributed by atoms with Crippen molar-refractivity contribution in [2.24, 2.45) is 5.92 Å². The summed E-state index contributed by atoms with van der Waals surface area (Å²) in [5, 5.41) is 7.92. The fourth-order valence-electron chi connectivity index (χ4n) is 3.13. The second kappa shape index (κ2) is 6.23. The fourth-order valence-corrected chi connectivity index (χ4v) is 3.13. The maximum atomic E-state index is 5.49. The van der Waals surface area contributed by atoms with Gasteiger partial charge < -0.3 is 10.1 Å². The van der Waals surface area contributed by atoms with Crippen LogP contribution >= 0.6 is 0 Å². The Morgan fingerprint density at radius 3 is 2.94 bits per heavy atom. The van der Waals surface area contributed by atoms with Crippen molar-refractivity contribution in [3.05, 3.63) is 11.9 Å². The Balaban J connectivity index is 2.20. The highest BCUT2D eigenvalue weighted by Gasteiger charge is 2.32. The van der Waals surface area contributed by atoms with E-state index in [1.54, 1.807) is 7.11 Å². The van der Waals surface area contributed by atoms with Gasteiger partial charge in [-0.3, -0.25) is 4.68 Å². The van der Waals surface area contributed by atoms with Gasteiger partial charge in [0.1, 0.15) is 0 Å². The van der Waals surface area contributed by atoms with Crippen molar-refractivity contribution in [1.82, 2.24) is 15.1 Å². The lowest BCUT2D eigenvalue weighted by Crippen LogP contribution is -2.25. The lowest BCUT2D eigenvalue weighted by atomic mass is 9.92. The molecule has 2 rings (SSSR count). The molecule has 18 heavy (non-hydrogen) atoms. The van der Waals surface area contributed by atoms with Gasteiger partial charge in [0.2, 0.25) is 0 Å². The number of rotatable bonds is 6. The highest BCUT2D eigenvalue weighted by molar-refractivity contribution is 5.30. The molecule has 1 aromatic rings. The molecule has 1 N–H and O–H groups in total. The van der Waals surface area contributed by atoms with Gasteiger partial charge in [0.25, 0.3) is 0 Å². The van der Waals surface area contributed by atoms with E-state index in [9.17, 15) is 0 Å². The number of hydrogen-bond donors (Lipinski definition) is 1. The van der Waals surface area contributed by atoms with Gasteiger partial charge >= 0.3 is 0 Å². The van der Waals surface area contributed by atoms with Crippen molar-refractivity contribution < 1.29 is 4.74 Å². The predicted molar refractivity (Wildman–Crippen MR) is 73.1 cm³/mol. The van der Waals surface area contributed by atoms with E-state index in [1.807, 2.05) is 6.20 Å². The van der Waals surface area contributed by atoms with E-state index < -0.39 is 0 Å². The molecule has 4 heteroatoms. The van der Waals surface area contributed by atoms with Gasteiger partial charge in [-0.2, -0.15) is 5.10 Å². The first-order chi connectivity index (χ1) is 8.81. The van der Waals surface area contributed by atoms with Crippen LogP contribution in [0.15, 0.2) is 6.20 Å². The molecule has 0 radical (unpaired) electrons. The van der Waals surface area contributed by atoms with Crippen LogP contribution in [0, 0.1) is 5.92 Å². The second-order valence-corrected chi connectivity index (χ2v) is 5.02. The smallest absolute Gasteiger partial charge is 0.160 e. The second-order valence-electron chi connectivity index (χ2n) is 5.02. The number of nitrogens with one attached hydrogen (secondary N) is 1. The average Bonchev–Trinajstić information content (AvgIpc) is 3.01. The van der Waals surface area contributed by atoms with E-state index >= 15 is 0 Å². The standard InChI is InChI=1S/C14H25N3O/c1-4-15-9-11-7-6-8-12(11)14-13(18-3)10-16-17(14)5-2/h10-12,15H,4-9H2,1-3H3. The molecule has 0 amide bonds. The molecule has 2 atom stereocenters. The van der Waals surface area contributed by atoms with Crippen LogP contribution in [-0.4, -0.2) is 30.0 Å². The van der Waals surface area contributed by atoms with Gasteiger partial charge in [0.05, 0.1) is 19.0 Å². The Hall–Kier alpha value is -1.03. The van der Waals surface area contributed by atoms with Gasteiger partial charge in [-0.1, -0.05) is 13.3 Å². The minimum Gasteiger partial charge on any atom is -0.493 e. The molecule has 1 aliphatic carbocycles. The monoisotopic (exact) mass is 251 g/mol. The zero-order valence-electron chi connectivity index (χ0n) is 11.8. The molecule has 1 saturated carbocycles. The molecule has 0 bridgehead atoms. The molecular formula is C14H25N3O. The normalized spacial score (nSPS) is 23.5. The zero-order valence-corrected chi connectivity index (χ0v) is 11.8. The molecule has 102 valence electrons. The van der Waals surface area contributed by atoms with Crippen LogP contribution in [-0.2, 0) is 6.54 Å². The van der Waals surface area contributed by atoms with Crippen LogP contribution in [0.5, 0.6) is 5.75 Å². The number of methoxy groups -OCH3 is 1. The minimum absolute atomic E-state index is 0.599. The summed E-state index contributed by atoms with van der Waals surface area (Å²) in [6.45, 7) is 7.39. The molecule has 0 spiro atoms. The molecule has 1 heterocycles. The number of hydrogen-bond acceptors (Lipinski definition) is 3. The summed E-state index contributed by atoms with van der Waals surface area (Å²) in [5.41, 5.74) is 1.31. The summed E-state index contributed by atoms with van der Waals surface area (Å²) in [4.78, 5) is 0. The highest BCUT2D eigenvalue weighted by atomic mass is 16.5. The van der Waals surface area contributed by atoms with E-state index in [2.05, 4.69) is 28.9 Å². The SMILES string of the molecule is CCNCC1CCCC1c1c(OC)cnn1CC. The lowest BCUT2D eigenvalue weighted by molar-refractivity contribution is 0.379. The topological polar surface area (TPSA) is 39.1 Å². The van der Waals surface area contributed by atoms with Crippen LogP contribution in [0.1, 0.15) is 44.7 Å². The van der Waals surface area contributed by atoms with Crippen LogP contribution < -0.4 is 10.1 Å². The summed E-state index contributed by atoms with van der Waals surface area (Å²) in [5.74, 6) is 2.28. The fraction of sp³-hybridized carbons (Fsp3) is 0.786. The number of nitrogens with zero attached hydrogens (tertiary/aromatic N) is 2. The molecule has 2 unspecified atom stereocenters. The molecule has 0 saturated heterocycles. The first-order valence-electron chi connectivity index (χ1n) is 7.12. The Labute approximate surface area is 110 Å². The quantitative estimate of drug-likeness (QED) is 0.844. The zero-order chi connectivity index (χ0) is 13.0. The van der Waals surface area contributed by atoms with E-state index in [-0.39, 0.29) is 0 Å².